The zero-order valence-electron chi connectivity index (χ0n) is 14.1. The Hall–Kier alpha value is -1.59. The molecule has 3 atom stereocenters. The number of hydrazine groups is 1. The van der Waals surface area contributed by atoms with Gasteiger partial charge in [0.25, 0.3) is 0 Å². The number of carbonyl (C=O) groups is 3. The molecule has 6 nitrogen and oxygen atoms in total. The van der Waals surface area contributed by atoms with E-state index in [2.05, 4.69) is 10.9 Å². The molecule has 0 aromatic rings. The highest BCUT2D eigenvalue weighted by atomic mass is 16.4. The van der Waals surface area contributed by atoms with E-state index in [1.807, 2.05) is 13.8 Å². The summed E-state index contributed by atoms with van der Waals surface area (Å²) in [6.45, 7) is 5.35. The molecule has 3 saturated carbocycles. The molecular weight excluding hydrogens is 296 g/mol. The molecule has 3 N–H and O–H groups in total. The molecule has 0 aromatic carbocycles. The van der Waals surface area contributed by atoms with Crippen molar-refractivity contribution in [2.24, 2.45) is 28.1 Å². The van der Waals surface area contributed by atoms with E-state index in [-0.39, 0.29) is 23.1 Å². The van der Waals surface area contributed by atoms with Gasteiger partial charge < -0.3 is 5.11 Å². The van der Waals surface area contributed by atoms with Gasteiger partial charge in [0.15, 0.2) is 0 Å². The maximum Gasteiger partial charge on any atom is 0.309 e. The molecule has 3 aliphatic rings. The Morgan fingerprint density at radius 3 is 1.91 bits per heavy atom. The molecule has 0 heterocycles. The molecule has 128 valence electrons. The van der Waals surface area contributed by atoms with Crippen LogP contribution in [0.15, 0.2) is 0 Å². The van der Waals surface area contributed by atoms with Crippen LogP contribution in [0.1, 0.15) is 59.3 Å². The number of carboxylic acid groups (broad SMARTS) is 1. The van der Waals surface area contributed by atoms with Crippen molar-refractivity contribution < 1.29 is 19.5 Å². The van der Waals surface area contributed by atoms with Crippen molar-refractivity contribution >= 4 is 17.8 Å². The largest absolute Gasteiger partial charge is 0.481 e. The van der Waals surface area contributed by atoms with Crippen molar-refractivity contribution in [1.82, 2.24) is 10.9 Å². The van der Waals surface area contributed by atoms with Gasteiger partial charge in [0, 0.05) is 11.8 Å². The number of rotatable bonds is 3. The third kappa shape index (κ3) is 2.25. The molecule has 3 aliphatic carbocycles. The quantitative estimate of drug-likeness (QED) is 0.691. The zero-order chi connectivity index (χ0) is 17.0. The molecule has 3 fully saturated rings. The van der Waals surface area contributed by atoms with Gasteiger partial charge in [-0.3, -0.25) is 25.2 Å². The minimum absolute atomic E-state index is 0.0393. The summed E-state index contributed by atoms with van der Waals surface area (Å²) < 4.78 is 0. The maximum absolute atomic E-state index is 12.4. The van der Waals surface area contributed by atoms with Crippen LogP contribution in [0.4, 0.5) is 0 Å². The molecule has 23 heavy (non-hydrogen) atoms. The average molecular weight is 322 g/mol. The topological polar surface area (TPSA) is 95.5 Å². The normalized spacial score (nSPS) is 36.1. The monoisotopic (exact) mass is 322 g/mol. The van der Waals surface area contributed by atoms with Gasteiger partial charge in [-0.05, 0) is 49.9 Å². The van der Waals surface area contributed by atoms with Crippen LogP contribution in [-0.4, -0.2) is 22.9 Å². The van der Waals surface area contributed by atoms with E-state index in [1.54, 1.807) is 6.92 Å². The summed E-state index contributed by atoms with van der Waals surface area (Å²) in [4.78, 5) is 36.1. The van der Waals surface area contributed by atoms with Crippen LogP contribution in [-0.2, 0) is 14.4 Å². The van der Waals surface area contributed by atoms with Crippen LogP contribution >= 0.6 is 0 Å². The third-order valence-corrected chi connectivity index (χ3v) is 7.18. The second-order valence-electron chi connectivity index (χ2n) is 8.40. The van der Waals surface area contributed by atoms with Crippen LogP contribution < -0.4 is 10.9 Å². The molecule has 0 radical (unpaired) electrons. The van der Waals surface area contributed by atoms with E-state index < -0.39 is 22.7 Å². The van der Waals surface area contributed by atoms with Gasteiger partial charge >= 0.3 is 5.97 Å². The van der Waals surface area contributed by atoms with Gasteiger partial charge in [-0.15, -0.1) is 0 Å². The molecule has 6 heteroatoms. The second kappa shape index (κ2) is 4.95. The average Bonchev–Trinajstić information content (AvgIpc) is 3.14. The molecule has 3 rings (SSSR count). The van der Waals surface area contributed by atoms with Gasteiger partial charge in [0.05, 0.1) is 5.41 Å². The summed E-state index contributed by atoms with van der Waals surface area (Å²) in [5, 5.41) is 9.50. The Labute approximate surface area is 136 Å². The van der Waals surface area contributed by atoms with Crippen LogP contribution in [0.25, 0.3) is 0 Å². The van der Waals surface area contributed by atoms with Crippen molar-refractivity contribution in [3.05, 3.63) is 0 Å². The van der Waals surface area contributed by atoms with Gasteiger partial charge in [-0.2, -0.15) is 0 Å². The van der Waals surface area contributed by atoms with Crippen LogP contribution in [0.2, 0.25) is 0 Å². The minimum atomic E-state index is -0.925. The van der Waals surface area contributed by atoms with E-state index in [4.69, 9.17) is 0 Å². The summed E-state index contributed by atoms with van der Waals surface area (Å²) in [5.74, 6) is -1.63. The number of hydrogen-bond donors (Lipinski definition) is 3. The first-order chi connectivity index (χ1) is 10.6. The Bertz CT molecular complexity index is 567. The Morgan fingerprint density at radius 2 is 1.52 bits per heavy atom. The second-order valence-corrected chi connectivity index (χ2v) is 8.40. The van der Waals surface area contributed by atoms with Crippen molar-refractivity contribution in [1.29, 1.82) is 0 Å². The lowest BCUT2D eigenvalue weighted by molar-refractivity contribution is -0.155. The van der Waals surface area contributed by atoms with Crippen molar-refractivity contribution in [3.63, 3.8) is 0 Å². The van der Waals surface area contributed by atoms with E-state index in [1.165, 1.54) is 6.42 Å². The van der Waals surface area contributed by atoms with E-state index in [9.17, 15) is 19.5 Å². The highest BCUT2D eigenvalue weighted by Gasteiger charge is 2.61. The van der Waals surface area contributed by atoms with Gasteiger partial charge in [-0.1, -0.05) is 20.3 Å². The van der Waals surface area contributed by atoms with E-state index in [0.717, 1.165) is 19.3 Å². The third-order valence-electron chi connectivity index (χ3n) is 7.18. The predicted molar refractivity (Wildman–Crippen MR) is 82.9 cm³/mol. The highest BCUT2D eigenvalue weighted by Crippen LogP contribution is 2.65. The number of amides is 2. The Morgan fingerprint density at radius 1 is 0.957 bits per heavy atom. The maximum atomic E-state index is 12.4. The van der Waals surface area contributed by atoms with E-state index >= 15 is 0 Å². The zero-order valence-corrected chi connectivity index (χ0v) is 14.1. The van der Waals surface area contributed by atoms with Gasteiger partial charge in [-0.25, -0.2) is 0 Å². The lowest BCUT2D eigenvalue weighted by Crippen LogP contribution is -2.50. The SMILES string of the molecule is CC1(C)[C@H](C(=O)NNC(=O)[C@@H]2CC23CCC3)CC[C@@]1(C)C(=O)O. The summed E-state index contributed by atoms with van der Waals surface area (Å²) >= 11 is 0. The molecule has 2 amide bonds. The number of aliphatic carboxylic acids is 1. The highest BCUT2D eigenvalue weighted by molar-refractivity contribution is 5.88. The van der Waals surface area contributed by atoms with Gasteiger partial charge in [0.2, 0.25) is 11.8 Å². The number of nitrogens with one attached hydrogen (secondary N) is 2. The van der Waals surface area contributed by atoms with E-state index in [0.29, 0.717) is 12.8 Å². The molecular formula is C17H26N2O4. The minimum Gasteiger partial charge on any atom is -0.481 e. The lowest BCUT2D eigenvalue weighted by Gasteiger charge is -2.37. The molecule has 0 unspecified atom stereocenters. The fourth-order valence-electron chi connectivity index (χ4n) is 4.54. The standard InChI is InChI=1S/C17H26N2O4/c1-15(2)10(5-8-16(15,3)14(22)23)12(20)18-19-13(21)11-9-17(11)6-4-7-17/h10-11H,4-9H2,1-3H3,(H,18,20)(H,19,21)(H,22,23)/t10-,11-,16-/m0/s1. The van der Waals surface area contributed by atoms with Crippen molar-refractivity contribution in [3.8, 4) is 0 Å². The Kier molecular flexibility index (Phi) is 3.50. The van der Waals surface area contributed by atoms with Crippen molar-refractivity contribution in [2.75, 3.05) is 0 Å². The smallest absolute Gasteiger partial charge is 0.309 e. The Balaban J connectivity index is 1.57. The summed E-state index contributed by atoms with van der Waals surface area (Å²) in [5.41, 5.74) is 3.72. The number of hydrogen-bond acceptors (Lipinski definition) is 3. The first-order valence-electron chi connectivity index (χ1n) is 8.47. The molecule has 0 saturated heterocycles. The van der Waals surface area contributed by atoms with Crippen LogP contribution in [0.5, 0.6) is 0 Å². The lowest BCUT2D eigenvalue weighted by atomic mass is 9.65. The fraction of sp³-hybridized carbons (Fsp3) is 0.824. The summed E-state index contributed by atoms with van der Waals surface area (Å²) in [7, 11) is 0. The predicted octanol–water partition coefficient (Wildman–Crippen LogP) is 1.85. The van der Waals surface area contributed by atoms with Gasteiger partial charge in [0.1, 0.15) is 0 Å². The first-order valence-corrected chi connectivity index (χ1v) is 8.47. The number of carbonyl (C=O) groups excluding carboxylic acids is 2. The molecule has 1 spiro atoms. The first kappa shape index (κ1) is 16.3. The molecule has 0 aliphatic heterocycles. The van der Waals surface area contributed by atoms with Crippen molar-refractivity contribution in [2.45, 2.75) is 59.3 Å². The van der Waals surface area contributed by atoms with Crippen LogP contribution in [0, 0.1) is 28.1 Å². The number of carboxylic acids is 1. The summed E-state index contributed by atoms with van der Waals surface area (Å²) in [6.07, 6.45) is 5.34. The molecule has 0 bridgehead atoms. The fourth-order valence-corrected chi connectivity index (χ4v) is 4.54. The summed E-state index contributed by atoms with van der Waals surface area (Å²) in [6, 6.07) is 0. The molecule has 0 aromatic heterocycles. The van der Waals surface area contributed by atoms with Crippen LogP contribution in [0.3, 0.4) is 0 Å².